The Kier molecular flexibility index (Phi) is 3.90. The van der Waals surface area contributed by atoms with Crippen molar-refractivity contribution in [3.8, 4) is 11.1 Å². The van der Waals surface area contributed by atoms with Crippen LogP contribution in [0.15, 0.2) is 99.8 Å². The van der Waals surface area contributed by atoms with E-state index in [-0.39, 0.29) is 0 Å². The molecule has 0 amide bonds. The van der Waals surface area contributed by atoms with Gasteiger partial charge in [0.2, 0.25) is 0 Å². The summed E-state index contributed by atoms with van der Waals surface area (Å²) in [5, 5.41) is 6.95. The number of para-hydroxylation sites is 1. The standard InChI is InChI=1S/C30H21NO2/c31-13-12-20-14-21(17-28-29(20)23-8-3-4-10-25(23)32-28)22-9-5-11-26-30(22)24-15-18-6-1-2-7-19(18)16-27(24)33-26/h1-11,14-17H,12-13,31H2. The van der Waals surface area contributed by atoms with Crippen LogP contribution in [-0.2, 0) is 6.42 Å². The number of hydrogen-bond donors (Lipinski definition) is 1. The van der Waals surface area contributed by atoms with Crippen LogP contribution in [0.25, 0.3) is 65.8 Å². The summed E-state index contributed by atoms with van der Waals surface area (Å²) < 4.78 is 12.6. The molecule has 158 valence electrons. The fraction of sp³-hybridized carbons (Fsp3) is 0.0667. The summed E-state index contributed by atoms with van der Waals surface area (Å²) in [6.45, 7) is 0.586. The summed E-state index contributed by atoms with van der Waals surface area (Å²) in [5.74, 6) is 0. The molecular formula is C30H21NO2. The summed E-state index contributed by atoms with van der Waals surface area (Å²) in [5.41, 5.74) is 13.1. The van der Waals surface area contributed by atoms with Crippen LogP contribution in [0.1, 0.15) is 5.56 Å². The molecule has 2 aromatic heterocycles. The molecule has 0 aliphatic rings. The van der Waals surface area contributed by atoms with Gasteiger partial charge in [-0.3, -0.25) is 0 Å². The highest BCUT2D eigenvalue weighted by Gasteiger charge is 2.17. The molecular weight excluding hydrogens is 406 g/mol. The highest BCUT2D eigenvalue weighted by molar-refractivity contribution is 6.16. The SMILES string of the molecule is NCCc1cc(-c2cccc3oc4cc5ccccc5cc4c23)cc2oc3ccccc3c12. The third-order valence-electron chi connectivity index (χ3n) is 6.65. The van der Waals surface area contributed by atoms with E-state index in [0.29, 0.717) is 6.54 Å². The molecule has 0 bridgehead atoms. The lowest BCUT2D eigenvalue weighted by Crippen LogP contribution is -2.03. The van der Waals surface area contributed by atoms with Gasteiger partial charge in [0.15, 0.2) is 0 Å². The smallest absolute Gasteiger partial charge is 0.136 e. The van der Waals surface area contributed by atoms with E-state index in [2.05, 4.69) is 72.8 Å². The van der Waals surface area contributed by atoms with Crippen molar-refractivity contribution in [2.45, 2.75) is 6.42 Å². The zero-order chi connectivity index (χ0) is 21.9. The van der Waals surface area contributed by atoms with Crippen LogP contribution in [-0.4, -0.2) is 6.54 Å². The van der Waals surface area contributed by atoms with E-state index in [1.807, 2.05) is 18.2 Å². The van der Waals surface area contributed by atoms with Crippen LogP contribution in [0.2, 0.25) is 0 Å². The number of benzene rings is 5. The van der Waals surface area contributed by atoms with Gasteiger partial charge in [-0.1, -0.05) is 60.7 Å². The molecule has 0 saturated carbocycles. The first kappa shape index (κ1) is 18.5. The van der Waals surface area contributed by atoms with Crippen LogP contribution >= 0.6 is 0 Å². The van der Waals surface area contributed by atoms with Crippen LogP contribution in [0.4, 0.5) is 0 Å². The second-order valence-corrected chi connectivity index (χ2v) is 8.62. The molecule has 0 aliphatic carbocycles. The van der Waals surface area contributed by atoms with Crippen molar-refractivity contribution in [3.63, 3.8) is 0 Å². The molecule has 0 spiro atoms. The number of nitrogens with two attached hydrogens (primary N) is 1. The highest BCUT2D eigenvalue weighted by Crippen LogP contribution is 2.41. The molecule has 0 unspecified atom stereocenters. The Morgan fingerprint density at radius 2 is 1.33 bits per heavy atom. The molecule has 5 aromatic carbocycles. The highest BCUT2D eigenvalue weighted by atomic mass is 16.3. The first-order chi connectivity index (χ1) is 16.3. The summed E-state index contributed by atoms with van der Waals surface area (Å²) in [6, 6.07) is 31.7. The van der Waals surface area contributed by atoms with Crippen molar-refractivity contribution in [3.05, 3.63) is 96.6 Å². The number of furan rings is 2. The third-order valence-corrected chi connectivity index (χ3v) is 6.65. The molecule has 0 atom stereocenters. The van der Waals surface area contributed by atoms with Gasteiger partial charge in [0.1, 0.15) is 22.3 Å². The van der Waals surface area contributed by atoms with E-state index in [1.54, 1.807) is 0 Å². The van der Waals surface area contributed by atoms with E-state index >= 15 is 0 Å². The van der Waals surface area contributed by atoms with Crippen LogP contribution in [0.3, 0.4) is 0 Å². The Balaban J connectivity index is 1.56. The van der Waals surface area contributed by atoms with Crippen molar-refractivity contribution in [1.82, 2.24) is 0 Å². The van der Waals surface area contributed by atoms with Crippen molar-refractivity contribution in [2.24, 2.45) is 5.73 Å². The Morgan fingerprint density at radius 1 is 0.576 bits per heavy atom. The zero-order valence-corrected chi connectivity index (χ0v) is 18.0. The molecule has 3 nitrogen and oxygen atoms in total. The quantitative estimate of drug-likeness (QED) is 0.313. The molecule has 0 radical (unpaired) electrons. The topological polar surface area (TPSA) is 52.3 Å². The van der Waals surface area contributed by atoms with E-state index < -0.39 is 0 Å². The van der Waals surface area contributed by atoms with Gasteiger partial charge in [-0.25, -0.2) is 0 Å². The fourth-order valence-corrected chi connectivity index (χ4v) is 5.20. The number of fused-ring (bicyclic) bond motifs is 7. The fourth-order valence-electron chi connectivity index (χ4n) is 5.20. The monoisotopic (exact) mass is 427 g/mol. The van der Waals surface area contributed by atoms with Gasteiger partial charge in [0.25, 0.3) is 0 Å². The third kappa shape index (κ3) is 2.73. The first-order valence-corrected chi connectivity index (χ1v) is 11.3. The lowest BCUT2D eigenvalue weighted by atomic mass is 9.94. The zero-order valence-electron chi connectivity index (χ0n) is 18.0. The minimum atomic E-state index is 0.586. The minimum Gasteiger partial charge on any atom is -0.456 e. The van der Waals surface area contributed by atoms with Gasteiger partial charge in [-0.15, -0.1) is 0 Å². The average molecular weight is 428 g/mol. The van der Waals surface area contributed by atoms with Crippen molar-refractivity contribution < 1.29 is 8.83 Å². The molecule has 7 aromatic rings. The lowest BCUT2D eigenvalue weighted by molar-refractivity contribution is 0.668. The van der Waals surface area contributed by atoms with Gasteiger partial charge in [0.05, 0.1) is 0 Å². The maximum absolute atomic E-state index is 6.29. The van der Waals surface area contributed by atoms with E-state index in [4.69, 9.17) is 14.6 Å². The van der Waals surface area contributed by atoms with Crippen molar-refractivity contribution in [2.75, 3.05) is 6.54 Å². The Bertz CT molecular complexity index is 1840. The minimum absolute atomic E-state index is 0.586. The molecule has 0 saturated heterocycles. The van der Waals surface area contributed by atoms with Crippen LogP contribution in [0.5, 0.6) is 0 Å². The maximum atomic E-state index is 6.29. The van der Waals surface area contributed by atoms with Crippen molar-refractivity contribution in [1.29, 1.82) is 0 Å². The van der Waals surface area contributed by atoms with Crippen LogP contribution < -0.4 is 5.73 Å². The molecule has 0 fully saturated rings. The number of rotatable bonds is 3. The second kappa shape index (κ2) is 6.96. The second-order valence-electron chi connectivity index (χ2n) is 8.62. The van der Waals surface area contributed by atoms with Gasteiger partial charge < -0.3 is 14.6 Å². The van der Waals surface area contributed by atoms with Crippen molar-refractivity contribution >= 4 is 54.6 Å². The predicted octanol–water partition coefficient (Wildman–Crippen LogP) is 7.81. The van der Waals surface area contributed by atoms with Gasteiger partial charge in [0, 0.05) is 21.5 Å². The summed E-state index contributed by atoms with van der Waals surface area (Å²) in [4.78, 5) is 0. The molecule has 2 heterocycles. The largest absolute Gasteiger partial charge is 0.456 e. The molecule has 0 aliphatic heterocycles. The normalized spacial score (nSPS) is 12.0. The predicted molar refractivity (Wildman–Crippen MR) is 137 cm³/mol. The average Bonchev–Trinajstić information content (AvgIpc) is 3.40. The van der Waals surface area contributed by atoms with Gasteiger partial charge >= 0.3 is 0 Å². The van der Waals surface area contributed by atoms with E-state index in [1.165, 1.54) is 16.3 Å². The lowest BCUT2D eigenvalue weighted by Gasteiger charge is -2.09. The molecule has 7 rings (SSSR count). The van der Waals surface area contributed by atoms with E-state index in [0.717, 1.165) is 61.4 Å². The number of hydrogen-bond acceptors (Lipinski definition) is 3. The Morgan fingerprint density at radius 3 is 2.21 bits per heavy atom. The van der Waals surface area contributed by atoms with Crippen LogP contribution in [0, 0.1) is 0 Å². The summed E-state index contributed by atoms with van der Waals surface area (Å²) >= 11 is 0. The van der Waals surface area contributed by atoms with E-state index in [9.17, 15) is 0 Å². The Labute approximate surface area is 190 Å². The van der Waals surface area contributed by atoms with Gasteiger partial charge in [-0.05, 0) is 70.8 Å². The molecule has 3 heteroatoms. The Hall–Kier alpha value is -4.08. The summed E-state index contributed by atoms with van der Waals surface area (Å²) in [6.07, 6.45) is 0.792. The van der Waals surface area contributed by atoms with Gasteiger partial charge in [-0.2, -0.15) is 0 Å². The molecule has 33 heavy (non-hydrogen) atoms. The summed E-state index contributed by atoms with van der Waals surface area (Å²) in [7, 11) is 0. The first-order valence-electron chi connectivity index (χ1n) is 11.3. The molecule has 2 N–H and O–H groups in total. The maximum Gasteiger partial charge on any atom is 0.136 e.